The topological polar surface area (TPSA) is 38.8 Å². The molecular weight excluding hydrogens is 368 g/mol. The second kappa shape index (κ2) is 6.69. The van der Waals surface area contributed by atoms with Crippen LogP contribution in [-0.4, -0.2) is 25.1 Å². The number of halogens is 1. The third-order valence-corrected chi connectivity index (χ3v) is 4.69. The van der Waals surface area contributed by atoms with E-state index in [-0.39, 0.29) is 17.3 Å². The molecule has 1 aliphatic rings. The van der Waals surface area contributed by atoms with Crippen LogP contribution in [0.3, 0.4) is 0 Å². The number of rotatable bonds is 5. The number of epoxide rings is 1. The fraction of sp³-hybridized carbons (Fsp3) is 0.350. The van der Waals surface area contributed by atoms with Gasteiger partial charge in [0.05, 0.1) is 6.61 Å². The maximum absolute atomic E-state index is 13.1. The highest BCUT2D eigenvalue weighted by molar-refractivity contribution is 9.10. The van der Waals surface area contributed by atoms with Crippen molar-refractivity contribution in [3.63, 3.8) is 0 Å². The molecule has 24 heavy (non-hydrogen) atoms. The van der Waals surface area contributed by atoms with E-state index in [1.807, 2.05) is 36.4 Å². The molecular formula is C20H21BrO3. The van der Waals surface area contributed by atoms with E-state index >= 15 is 0 Å². The highest BCUT2D eigenvalue weighted by atomic mass is 79.9. The Labute approximate surface area is 151 Å². The van der Waals surface area contributed by atoms with Gasteiger partial charge in [-0.1, -0.05) is 61.0 Å². The van der Waals surface area contributed by atoms with Crippen molar-refractivity contribution in [3.8, 4) is 5.75 Å². The first kappa shape index (κ1) is 17.2. The zero-order valence-electron chi connectivity index (χ0n) is 14.1. The van der Waals surface area contributed by atoms with Gasteiger partial charge >= 0.3 is 0 Å². The number of carbonyl (C=O) groups is 1. The molecule has 1 aliphatic heterocycles. The van der Waals surface area contributed by atoms with Crippen molar-refractivity contribution in [2.45, 2.75) is 32.3 Å². The predicted octanol–water partition coefficient (Wildman–Crippen LogP) is 4.76. The summed E-state index contributed by atoms with van der Waals surface area (Å²) in [6.45, 7) is 7.62. The van der Waals surface area contributed by atoms with Gasteiger partial charge < -0.3 is 9.47 Å². The van der Waals surface area contributed by atoms with Crippen LogP contribution in [0.2, 0.25) is 0 Å². The van der Waals surface area contributed by atoms with Crippen LogP contribution in [0.25, 0.3) is 0 Å². The summed E-state index contributed by atoms with van der Waals surface area (Å²) in [5.41, 5.74) is 2.28. The van der Waals surface area contributed by atoms with Gasteiger partial charge in [0, 0.05) is 15.6 Å². The highest BCUT2D eigenvalue weighted by Crippen LogP contribution is 2.31. The van der Waals surface area contributed by atoms with E-state index in [2.05, 4.69) is 36.7 Å². The van der Waals surface area contributed by atoms with Crippen LogP contribution in [0.5, 0.6) is 5.75 Å². The Kier molecular flexibility index (Phi) is 4.79. The van der Waals surface area contributed by atoms with Crippen LogP contribution >= 0.6 is 15.9 Å². The molecule has 1 fully saturated rings. The SMILES string of the molecule is CC(C)(C)c1ccccc1C(=O)c1cc(OCC2CO2)ccc1Br. The summed E-state index contributed by atoms with van der Waals surface area (Å²) in [5, 5.41) is 0. The molecule has 0 spiro atoms. The van der Waals surface area contributed by atoms with Gasteiger partial charge in [-0.3, -0.25) is 4.79 Å². The summed E-state index contributed by atoms with van der Waals surface area (Å²) in [6, 6.07) is 13.3. The van der Waals surface area contributed by atoms with Gasteiger partial charge in [-0.25, -0.2) is 0 Å². The molecule has 126 valence electrons. The molecule has 0 bridgehead atoms. The molecule has 2 aromatic rings. The number of hydrogen-bond donors (Lipinski definition) is 0. The Morgan fingerprint density at radius 2 is 1.92 bits per heavy atom. The lowest BCUT2D eigenvalue weighted by molar-refractivity contribution is 0.103. The van der Waals surface area contributed by atoms with Crippen molar-refractivity contribution in [1.29, 1.82) is 0 Å². The van der Waals surface area contributed by atoms with E-state index in [1.54, 1.807) is 6.07 Å². The standard InChI is InChI=1S/C20H21BrO3/c1-20(2,3)17-7-5-4-6-15(17)19(22)16-10-13(8-9-18(16)21)23-11-14-12-24-14/h4-10,14H,11-12H2,1-3H3. The fourth-order valence-electron chi connectivity index (χ4n) is 2.60. The molecule has 0 radical (unpaired) electrons. The van der Waals surface area contributed by atoms with Crippen LogP contribution in [0.1, 0.15) is 42.3 Å². The van der Waals surface area contributed by atoms with Gasteiger partial charge in [-0.05, 0) is 29.2 Å². The molecule has 0 amide bonds. The molecule has 0 N–H and O–H groups in total. The average molecular weight is 389 g/mol. The monoisotopic (exact) mass is 388 g/mol. The van der Waals surface area contributed by atoms with Gasteiger partial charge in [0.25, 0.3) is 0 Å². The molecule has 1 saturated heterocycles. The van der Waals surface area contributed by atoms with E-state index in [0.29, 0.717) is 17.9 Å². The summed E-state index contributed by atoms with van der Waals surface area (Å²) in [6.07, 6.45) is 0.189. The van der Waals surface area contributed by atoms with E-state index in [9.17, 15) is 4.79 Å². The van der Waals surface area contributed by atoms with Crippen molar-refractivity contribution in [2.24, 2.45) is 0 Å². The normalized spacial score (nSPS) is 16.8. The minimum atomic E-state index is -0.101. The fourth-order valence-corrected chi connectivity index (χ4v) is 3.03. The van der Waals surface area contributed by atoms with E-state index in [1.165, 1.54) is 0 Å². The van der Waals surface area contributed by atoms with Crippen LogP contribution in [0, 0.1) is 0 Å². The number of ether oxygens (including phenoxy) is 2. The molecule has 4 heteroatoms. The predicted molar refractivity (Wildman–Crippen MR) is 98.0 cm³/mol. The van der Waals surface area contributed by atoms with Crippen molar-refractivity contribution in [3.05, 3.63) is 63.6 Å². The van der Waals surface area contributed by atoms with Gasteiger partial charge in [0.15, 0.2) is 5.78 Å². The van der Waals surface area contributed by atoms with Crippen molar-refractivity contribution >= 4 is 21.7 Å². The lowest BCUT2D eigenvalue weighted by Gasteiger charge is -2.22. The highest BCUT2D eigenvalue weighted by Gasteiger charge is 2.25. The number of ketones is 1. The summed E-state index contributed by atoms with van der Waals surface area (Å²) >= 11 is 3.49. The van der Waals surface area contributed by atoms with Crippen molar-refractivity contribution < 1.29 is 14.3 Å². The molecule has 3 rings (SSSR count). The first-order chi connectivity index (χ1) is 11.4. The van der Waals surface area contributed by atoms with Gasteiger partial charge in [-0.2, -0.15) is 0 Å². The lowest BCUT2D eigenvalue weighted by Crippen LogP contribution is -2.17. The Hall–Kier alpha value is -1.65. The first-order valence-corrected chi connectivity index (χ1v) is 8.84. The number of benzene rings is 2. The second-order valence-corrected chi connectivity index (χ2v) is 7.89. The summed E-state index contributed by atoms with van der Waals surface area (Å²) < 4.78 is 11.6. The third-order valence-electron chi connectivity index (χ3n) is 4.00. The van der Waals surface area contributed by atoms with Crippen molar-refractivity contribution in [1.82, 2.24) is 0 Å². The largest absolute Gasteiger partial charge is 0.491 e. The number of carbonyl (C=O) groups excluding carboxylic acids is 1. The Bertz CT molecular complexity index is 758. The van der Waals surface area contributed by atoms with Crippen molar-refractivity contribution in [2.75, 3.05) is 13.2 Å². The molecule has 0 saturated carbocycles. The average Bonchev–Trinajstić information content (AvgIpc) is 3.37. The minimum absolute atomic E-state index is 0.000483. The molecule has 0 aromatic heterocycles. The molecule has 1 atom stereocenters. The van der Waals surface area contributed by atoms with Gasteiger partial charge in [0.2, 0.25) is 0 Å². The van der Waals surface area contributed by atoms with Crippen LogP contribution in [0.15, 0.2) is 46.9 Å². The molecule has 3 nitrogen and oxygen atoms in total. The van der Waals surface area contributed by atoms with Gasteiger partial charge in [0.1, 0.15) is 18.5 Å². The Morgan fingerprint density at radius 1 is 1.21 bits per heavy atom. The summed E-state index contributed by atoms with van der Waals surface area (Å²) in [5.74, 6) is 0.686. The molecule has 1 heterocycles. The lowest BCUT2D eigenvalue weighted by atomic mass is 9.82. The van der Waals surface area contributed by atoms with E-state index in [0.717, 1.165) is 22.2 Å². The maximum Gasteiger partial charge on any atom is 0.194 e. The van der Waals surface area contributed by atoms with Crippen LogP contribution in [-0.2, 0) is 10.2 Å². The maximum atomic E-state index is 13.1. The quantitative estimate of drug-likeness (QED) is 0.547. The van der Waals surface area contributed by atoms with Crippen LogP contribution in [0.4, 0.5) is 0 Å². The zero-order valence-corrected chi connectivity index (χ0v) is 15.7. The Balaban J connectivity index is 1.93. The summed E-state index contributed by atoms with van der Waals surface area (Å²) in [7, 11) is 0. The van der Waals surface area contributed by atoms with E-state index in [4.69, 9.17) is 9.47 Å². The van der Waals surface area contributed by atoms with E-state index < -0.39 is 0 Å². The molecule has 2 aromatic carbocycles. The second-order valence-electron chi connectivity index (χ2n) is 7.03. The Morgan fingerprint density at radius 3 is 2.58 bits per heavy atom. The third kappa shape index (κ3) is 3.87. The zero-order chi connectivity index (χ0) is 17.3. The molecule has 1 unspecified atom stereocenters. The van der Waals surface area contributed by atoms with Gasteiger partial charge in [-0.15, -0.1) is 0 Å². The first-order valence-electron chi connectivity index (χ1n) is 8.04. The smallest absolute Gasteiger partial charge is 0.194 e. The molecule has 0 aliphatic carbocycles. The minimum Gasteiger partial charge on any atom is -0.491 e. The van der Waals surface area contributed by atoms with Crippen LogP contribution < -0.4 is 4.74 Å². The number of hydrogen-bond acceptors (Lipinski definition) is 3. The summed E-state index contributed by atoms with van der Waals surface area (Å²) in [4.78, 5) is 13.1.